The molecule has 0 aliphatic carbocycles. The zero-order valence-corrected chi connectivity index (χ0v) is 12.3. The Morgan fingerprint density at radius 3 is 2.32 bits per heavy atom. The lowest BCUT2D eigenvalue weighted by atomic mass is 10.1. The highest BCUT2D eigenvalue weighted by atomic mass is 19.4. The predicted molar refractivity (Wildman–Crippen MR) is 74.0 cm³/mol. The number of esters is 1. The molecule has 1 rings (SSSR count). The Balaban J connectivity index is 2.85. The molecule has 0 saturated carbocycles. The molecule has 1 N–H and O–H groups in total. The van der Waals surface area contributed by atoms with Crippen molar-refractivity contribution in [2.75, 3.05) is 0 Å². The van der Waals surface area contributed by atoms with Crippen molar-refractivity contribution in [3.8, 4) is 0 Å². The molecule has 1 aromatic rings. The first-order valence-electron chi connectivity index (χ1n) is 6.86. The van der Waals surface area contributed by atoms with Crippen molar-refractivity contribution in [1.82, 2.24) is 5.32 Å². The van der Waals surface area contributed by atoms with Gasteiger partial charge in [-0.1, -0.05) is 37.3 Å². The van der Waals surface area contributed by atoms with Gasteiger partial charge < -0.3 is 10.1 Å². The maximum Gasteiger partial charge on any atom is 0.471 e. The predicted octanol–water partition coefficient (Wildman–Crippen LogP) is 2.62. The van der Waals surface area contributed by atoms with Gasteiger partial charge in [-0.25, -0.2) is 4.79 Å². The number of halogens is 3. The summed E-state index contributed by atoms with van der Waals surface area (Å²) in [6.07, 6.45) is -5.03. The van der Waals surface area contributed by atoms with E-state index in [4.69, 9.17) is 4.74 Å². The highest BCUT2D eigenvalue weighted by Crippen LogP contribution is 2.16. The molecule has 22 heavy (non-hydrogen) atoms. The Morgan fingerprint density at radius 2 is 1.82 bits per heavy atom. The van der Waals surface area contributed by atoms with Crippen LogP contribution < -0.4 is 5.32 Å². The number of benzene rings is 1. The first-order chi connectivity index (χ1) is 10.2. The Labute approximate surface area is 126 Å². The SMILES string of the molecule is CCC(C)OC(=O)[C@H](Cc1ccccc1)NC(=O)C(F)(F)F. The summed E-state index contributed by atoms with van der Waals surface area (Å²) in [6, 6.07) is 7.05. The van der Waals surface area contributed by atoms with Gasteiger partial charge >= 0.3 is 18.1 Å². The van der Waals surface area contributed by atoms with Crippen molar-refractivity contribution in [2.24, 2.45) is 0 Å². The molecule has 0 aliphatic heterocycles. The average molecular weight is 317 g/mol. The van der Waals surface area contributed by atoms with Crippen LogP contribution in [0, 0.1) is 0 Å². The van der Waals surface area contributed by atoms with Gasteiger partial charge in [0, 0.05) is 6.42 Å². The minimum absolute atomic E-state index is 0.0715. The third-order valence-electron chi connectivity index (χ3n) is 3.02. The lowest BCUT2D eigenvalue weighted by Crippen LogP contribution is -2.49. The Morgan fingerprint density at radius 1 is 1.23 bits per heavy atom. The number of carbonyl (C=O) groups is 2. The van der Waals surface area contributed by atoms with Crippen LogP contribution in [0.15, 0.2) is 30.3 Å². The molecular weight excluding hydrogens is 299 g/mol. The molecule has 1 unspecified atom stereocenters. The Bertz CT molecular complexity index is 503. The molecule has 7 heteroatoms. The van der Waals surface area contributed by atoms with Gasteiger partial charge in [0.15, 0.2) is 0 Å². The maximum atomic E-state index is 12.4. The van der Waals surface area contributed by atoms with E-state index in [2.05, 4.69) is 0 Å². The first kappa shape index (κ1) is 18.0. The van der Waals surface area contributed by atoms with Crippen LogP contribution in [0.5, 0.6) is 0 Å². The van der Waals surface area contributed by atoms with E-state index in [-0.39, 0.29) is 6.42 Å². The topological polar surface area (TPSA) is 55.4 Å². The molecule has 1 amide bonds. The van der Waals surface area contributed by atoms with E-state index in [0.29, 0.717) is 12.0 Å². The number of rotatable bonds is 6. The van der Waals surface area contributed by atoms with Crippen molar-refractivity contribution < 1.29 is 27.5 Å². The summed E-state index contributed by atoms with van der Waals surface area (Å²) in [7, 11) is 0. The molecule has 0 aliphatic rings. The molecule has 0 heterocycles. The molecule has 0 saturated heterocycles. The molecule has 0 aromatic heterocycles. The summed E-state index contributed by atoms with van der Waals surface area (Å²) in [5.74, 6) is -3.04. The summed E-state index contributed by atoms with van der Waals surface area (Å²) in [4.78, 5) is 23.1. The van der Waals surface area contributed by atoms with Crippen LogP contribution in [0.1, 0.15) is 25.8 Å². The molecule has 0 radical (unpaired) electrons. The van der Waals surface area contributed by atoms with E-state index in [9.17, 15) is 22.8 Å². The van der Waals surface area contributed by atoms with Gasteiger partial charge in [-0.3, -0.25) is 4.79 Å². The second-order valence-electron chi connectivity index (χ2n) is 4.87. The summed E-state index contributed by atoms with van der Waals surface area (Å²) in [5.41, 5.74) is 0.621. The largest absolute Gasteiger partial charge is 0.471 e. The van der Waals surface area contributed by atoms with Crippen LogP contribution in [0.2, 0.25) is 0 Å². The summed E-state index contributed by atoms with van der Waals surface area (Å²) in [6.45, 7) is 3.40. The number of alkyl halides is 3. The lowest BCUT2D eigenvalue weighted by molar-refractivity contribution is -0.176. The Kier molecular flexibility index (Phi) is 6.39. The fourth-order valence-corrected chi connectivity index (χ4v) is 1.65. The van der Waals surface area contributed by atoms with E-state index in [0.717, 1.165) is 0 Å². The molecule has 4 nitrogen and oxygen atoms in total. The van der Waals surface area contributed by atoms with Crippen LogP contribution in [-0.2, 0) is 20.7 Å². The minimum atomic E-state index is -5.05. The molecule has 0 bridgehead atoms. The number of carbonyl (C=O) groups excluding carboxylic acids is 2. The second kappa shape index (κ2) is 7.82. The van der Waals surface area contributed by atoms with Gasteiger partial charge in [-0.2, -0.15) is 13.2 Å². The first-order valence-corrected chi connectivity index (χ1v) is 6.86. The minimum Gasteiger partial charge on any atom is -0.461 e. The van der Waals surface area contributed by atoms with Crippen LogP contribution in [0.25, 0.3) is 0 Å². The van der Waals surface area contributed by atoms with E-state index < -0.39 is 30.2 Å². The zero-order chi connectivity index (χ0) is 16.8. The number of amides is 1. The van der Waals surface area contributed by atoms with Crippen molar-refractivity contribution in [3.05, 3.63) is 35.9 Å². The monoisotopic (exact) mass is 317 g/mol. The quantitative estimate of drug-likeness (QED) is 0.821. The summed E-state index contributed by atoms with van der Waals surface area (Å²) >= 11 is 0. The zero-order valence-electron chi connectivity index (χ0n) is 12.3. The van der Waals surface area contributed by atoms with Gasteiger partial charge in [-0.05, 0) is 18.9 Å². The van der Waals surface area contributed by atoms with E-state index >= 15 is 0 Å². The van der Waals surface area contributed by atoms with Crippen LogP contribution in [0.4, 0.5) is 13.2 Å². The third kappa shape index (κ3) is 5.75. The molecule has 2 atom stereocenters. The lowest BCUT2D eigenvalue weighted by Gasteiger charge is -2.20. The molecular formula is C15H18F3NO3. The van der Waals surface area contributed by atoms with Gasteiger partial charge in [0.1, 0.15) is 6.04 Å². The van der Waals surface area contributed by atoms with Crippen molar-refractivity contribution in [2.45, 2.75) is 45.0 Å². The third-order valence-corrected chi connectivity index (χ3v) is 3.02. The van der Waals surface area contributed by atoms with E-state index in [1.54, 1.807) is 49.5 Å². The fourth-order valence-electron chi connectivity index (χ4n) is 1.65. The van der Waals surface area contributed by atoms with Gasteiger partial charge in [0.25, 0.3) is 0 Å². The smallest absolute Gasteiger partial charge is 0.461 e. The van der Waals surface area contributed by atoms with Gasteiger partial charge in [-0.15, -0.1) is 0 Å². The molecule has 0 spiro atoms. The molecule has 1 aromatic carbocycles. The summed E-state index contributed by atoms with van der Waals surface area (Å²) in [5, 5.41) is 1.70. The van der Waals surface area contributed by atoms with Crippen molar-refractivity contribution in [3.63, 3.8) is 0 Å². The van der Waals surface area contributed by atoms with Crippen LogP contribution in [0.3, 0.4) is 0 Å². The van der Waals surface area contributed by atoms with Crippen molar-refractivity contribution in [1.29, 1.82) is 0 Å². The van der Waals surface area contributed by atoms with Gasteiger partial charge in [0.05, 0.1) is 6.10 Å². The van der Waals surface area contributed by atoms with Crippen LogP contribution in [-0.4, -0.2) is 30.2 Å². The highest BCUT2D eigenvalue weighted by molar-refractivity contribution is 5.87. The van der Waals surface area contributed by atoms with Crippen molar-refractivity contribution >= 4 is 11.9 Å². The molecule has 0 fully saturated rings. The molecule has 122 valence electrons. The fraction of sp³-hybridized carbons (Fsp3) is 0.467. The van der Waals surface area contributed by atoms with E-state index in [1.807, 2.05) is 0 Å². The summed E-state index contributed by atoms with van der Waals surface area (Å²) < 4.78 is 42.2. The van der Waals surface area contributed by atoms with Gasteiger partial charge in [0.2, 0.25) is 0 Å². The maximum absolute atomic E-state index is 12.4. The number of hydrogen-bond acceptors (Lipinski definition) is 3. The average Bonchev–Trinajstić information content (AvgIpc) is 2.46. The van der Waals surface area contributed by atoms with Crippen LogP contribution >= 0.6 is 0 Å². The number of ether oxygens (including phenoxy) is 1. The highest BCUT2D eigenvalue weighted by Gasteiger charge is 2.41. The Hall–Kier alpha value is -2.05. The number of nitrogens with one attached hydrogen (secondary N) is 1. The normalized spacial score (nSPS) is 14.0. The standard InChI is InChI=1S/C15H18F3NO3/c1-3-10(2)22-13(20)12(19-14(21)15(16,17)18)9-11-7-5-4-6-8-11/h4-8,10,12H,3,9H2,1-2H3,(H,19,21)/t10?,12-/m0/s1. The second-order valence-corrected chi connectivity index (χ2v) is 4.87. The number of hydrogen-bond donors (Lipinski definition) is 1. The van der Waals surface area contributed by atoms with E-state index in [1.165, 1.54) is 0 Å².